The van der Waals surface area contributed by atoms with E-state index in [1.807, 2.05) is 0 Å². The largest absolute Gasteiger partial charge is 0.478 e. The summed E-state index contributed by atoms with van der Waals surface area (Å²) < 4.78 is 0. The number of aromatic carboxylic acids is 1. The van der Waals surface area contributed by atoms with Crippen LogP contribution in [0.5, 0.6) is 0 Å². The van der Waals surface area contributed by atoms with E-state index in [2.05, 4.69) is 0 Å². The third-order valence-corrected chi connectivity index (χ3v) is 3.52. The van der Waals surface area contributed by atoms with Gasteiger partial charge in [-0.05, 0) is 11.6 Å². The van der Waals surface area contributed by atoms with Crippen molar-refractivity contribution in [2.75, 3.05) is 6.54 Å². The quantitative estimate of drug-likeness (QED) is 0.682. The lowest BCUT2D eigenvalue weighted by molar-refractivity contribution is -0.136. The molecular formula is C14H16N2O5. The van der Waals surface area contributed by atoms with E-state index in [9.17, 15) is 19.5 Å². The van der Waals surface area contributed by atoms with Crippen molar-refractivity contribution in [3.8, 4) is 0 Å². The number of aliphatic hydroxyl groups is 1. The lowest BCUT2D eigenvalue weighted by Crippen LogP contribution is -2.44. The Balaban J connectivity index is 2.18. The molecule has 1 aromatic rings. The first-order valence-corrected chi connectivity index (χ1v) is 6.48. The van der Waals surface area contributed by atoms with Gasteiger partial charge in [0, 0.05) is 13.0 Å². The van der Waals surface area contributed by atoms with Crippen LogP contribution in [0.4, 0.5) is 0 Å². The van der Waals surface area contributed by atoms with Crippen LogP contribution in [0.25, 0.3) is 0 Å². The number of primary amides is 1. The van der Waals surface area contributed by atoms with Crippen LogP contribution < -0.4 is 5.73 Å². The molecule has 1 aliphatic heterocycles. The maximum Gasteiger partial charge on any atom is 0.335 e. The molecule has 2 unspecified atom stereocenters. The summed E-state index contributed by atoms with van der Waals surface area (Å²) in [6.45, 7) is 0.0294. The summed E-state index contributed by atoms with van der Waals surface area (Å²) in [6, 6.07) is 5.33. The molecule has 1 saturated heterocycles. The fraction of sp³-hybridized carbons (Fsp3) is 0.357. The number of carboxylic acids is 1. The number of likely N-dealkylation sites (tertiary alicyclic amines) is 1. The number of nitrogens with two attached hydrogens (primary N) is 1. The predicted molar refractivity (Wildman–Crippen MR) is 72.4 cm³/mol. The van der Waals surface area contributed by atoms with Crippen LogP contribution in [0.1, 0.15) is 22.3 Å². The van der Waals surface area contributed by atoms with Crippen molar-refractivity contribution in [2.45, 2.75) is 25.0 Å². The Kier molecular flexibility index (Phi) is 4.23. The maximum atomic E-state index is 12.3. The lowest BCUT2D eigenvalue weighted by atomic mass is 10.0. The van der Waals surface area contributed by atoms with Gasteiger partial charge in [-0.25, -0.2) is 4.79 Å². The summed E-state index contributed by atoms with van der Waals surface area (Å²) in [7, 11) is 0. The molecule has 0 spiro atoms. The molecule has 1 fully saturated rings. The van der Waals surface area contributed by atoms with Crippen molar-refractivity contribution in [1.29, 1.82) is 0 Å². The van der Waals surface area contributed by atoms with Gasteiger partial charge in [-0.1, -0.05) is 18.2 Å². The SMILES string of the molecule is NC(=O)C1CC(O)CN1C(=O)Cc1ccccc1C(=O)O. The highest BCUT2D eigenvalue weighted by Gasteiger charge is 2.37. The Hall–Kier alpha value is -2.41. The van der Waals surface area contributed by atoms with Crippen LogP contribution in [-0.4, -0.2) is 51.6 Å². The molecule has 1 aliphatic rings. The maximum absolute atomic E-state index is 12.3. The van der Waals surface area contributed by atoms with Crippen LogP contribution in [-0.2, 0) is 16.0 Å². The number of carboxylic acid groups (broad SMARTS) is 1. The molecule has 1 aromatic carbocycles. The summed E-state index contributed by atoms with van der Waals surface area (Å²) in [4.78, 5) is 35.9. The molecule has 0 radical (unpaired) electrons. The number of aliphatic hydroxyl groups excluding tert-OH is 1. The summed E-state index contributed by atoms with van der Waals surface area (Å²) in [5.74, 6) is -2.22. The number of hydrogen-bond donors (Lipinski definition) is 3. The van der Waals surface area contributed by atoms with Gasteiger partial charge in [-0.15, -0.1) is 0 Å². The fourth-order valence-electron chi connectivity index (χ4n) is 2.51. The minimum absolute atomic E-state index is 0.0294. The summed E-state index contributed by atoms with van der Waals surface area (Å²) >= 11 is 0. The van der Waals surface area contributed by atoms with Crippen molar-refractivity contribution in [3.63, 3.8) is 0 Å². The Morgan fingerprint density at radius 2 is 1.95 bits per heavy atom. The first kappa shape index (κ1) is 15.0. The van der Waals surface area contributed by atoms with E-state index in [-0.39, 0.29) is 24.9 Å². The van der Waals surface area contributed by atoms with Gasteiger partial charge >= 0.3 is 5.97 Å². The van der Waals surface area contributed by atoms with Crippen molar-refractivity contribution < 1.29 is 24.6 Å². The molecule has 21 heavy (non-hydrogen) atoms. The van der Waals surface area contributed by atoms with Gasteiger partial charge in [0.1, 0.15) is 6.04 Å². The molecule has 0 bridgehead atoms. The smallest absolute Gasteiger partial charge is 0.335 e. The number of rotatable bonds is 4. The average Bonchev–Trinajstić information content (AvgIpc) is 2.81. The van der Waals surface area contributed by atoms with Gasteiger partial charge in [0.05, 0.1) is 18.1 Å². The second kappa shape index (κ2) is 5.92. The first-order chi connectivity index (χ1) is 9.90. The number of carbonyl (C=O) groups is 3. The van der Waals surface area contributed by atoms with E-state index in [0.29, 0.717) is 5.56 Å². The van der Waals surface area contributed by atoms with Crippen molar-refractivity contribution in [2.24, 2.45) is 5.73 Å². The molecule has 2 amide bonds. The van der Waals surface area contributed by atoms with Crippen molar-refractivity contribution in [3.05, 3.63) is 35.4 Å². The Morgan fingerprint density at radius 3 is 2.57 bits per heavy atom. The van der Waals surface area contributed by atoms with E-state index in [0.717, 1.165) is 0 Å². The molecule has 112 valence electrons. The van der Waals surface area contributed by atoms with Crippen LogP contribution in [0, 0.1) is 0 Å². The monoisotopic (exact) mass is 292 g/mol. The zero-order chi connectivity index (χ0) is 15.6. The van der Waals surface area contributed by atoms with E-state index in [1.165, 1.54) is 11.0 Å². The highest BCUT2D eigenvalue weighted by Crippen LogP contribution is 2.20. The first-order valence-electron chi connectivity index (χ1n) is 6.48. The van der Waals surface area contributed by atoms with Crippen LogP contribution in [0.15, 0.2) is 24.3 Å². The zero-order valence-electron chi connectivity index (χ0n) is 11.2. The third kappa shape index (κ3) is 3.19. The van der Waals surface area contributed by atoms with Gasteiger partial charge in [0.15, 0.2) is 0 Å². The van der Waals surface area contributed by atoms with Crippen molar-refractivity contribution >= 4 is 17.8 Å². The lowest BCUT2D eigenvalue weighted by Gasteiger charge is -2.22. The number of benzene rings is 1. The van der Waals surface area contributed by atoms with E-state index >= 15 is 0 Å². The Bertz CT molecular complexity index is 586. The Labute approximate surface area is 121 Å². The second-order valence-corrected chi connectivity index (χ2v) is 4.99. The van der Waals surface area contributed by atoms with Crippen LogP contribution >= 0.6 is 0 Å². The Morgan fingerprint density at radius 1 is 1.29 bits per heavy atom. The number of nitrogens with zero attached hydrogens (tertiary/aromatic N) is 1. The highest BCUT2D eigenvalue weighted by molar-refractivity contribution is 5.93. The van der Waals surface area contributed by atoms with Gasteiger partial charge < -0.3 is 20.8 Å². The summed E-state index contributed by atoms with van der Waals surface area (Å²) in [5.41, 5.74) is 5.63. The number of amides is 2. The van der Waals surface area contributed by atoms with Gasteiger partial charge in [-0.2, -0.15) is 0 Å². The number of hydrogen-bond acceptors (Lipinski definition) is 4. The zero-order valence-corrected chi connectivity index (χ0v) is 11.2. The fourth-order valence-corrected chi connectivity index (χ4v) is 2.51. The van der Waals surface area contributed by atoms with Crippen LogP contribution in [0.2, 0.25) is 0 Å². The molecule has 0 aliphatic carbocycles. The average molecular weight is 292 g/mol. The third-order valence-electron chi connectivity index (χ3n) is 3.52. The molecule has 7 heteroatoms. The van der Waals surface area contributed by atoms with Gasteiger partial charge in [0.2, 0.25) is 11.8 Å². The van der Waals surface area contributed by atoms with Crippen molar-refractivity contribution in [1.82, 2.24) is 4.90 Å². The van der Waals surface area contributed by atoms with Gasteiger partial charge in [-0.3, -0.25) is 9.59 Å². The minimum Gasteiger partial charge on any atom is -0.478 e. The molecule has 2 atom stereocenters. The number of β-amino-alcohol motifs (C(OH)–C–C–N with tert-alkyl or cyclic N) is 1. The molecule has 0 saturated carbocycles. The normalized spacial score (nSPS) is 21.3. The highest BCUT2D eigenvalue weighted by atomic mass is 16.4. The summed E-state index contributed by atoms with van der Waals surface area (Å²) in [5, 5.41) is 18.7. The van der Waals surface area contributed by atoms with E-state index in [4.69, 9.17) is 10.8 Å². The van der Waals surface area contributed by atoms with E-state index in [1.54, 1.807) is 18.2 Å². The predicted octanol–water partition coefficient (Wildman–Crippen LogP) is -0.626. The standard InChI is InChI=1S/C14H16N2O5/c15-13(19)11-6-9(17)7-16(11)12(18)5-8-3-1-2-4-10(8)14(20)21/h1-4,9,11,17H,5-7H2,(H2,15,19)(H,20,21). The number of carbonyl (C=O) groups excluding carboxylic acids is 2. The van der Waals surface area contributed by atoms with Gasteiger partial charge in [0.25, 0.3) is 0 Å². The topological polar surface area (TPSA) is 121 Å². The molecular weight excluding hydrogens is 276 g/mol. The minimum atomic E-state index is -1.12. The van der Waals surface area contributed by atoms with E-state index < -0.39 is 29.9 Å². The molecule has 7 nitrogen and oxygen atoms in total. The summed E-state index contributed by atoms with van der Waals surface area (Å²) in [6.07, 6.45) is -0.832. The van der Waals surface area contributed by atoms with Crippen LogP contribution in [0.3, 0.4) is 0 Å². The molecule has 1 heterocycles. The molecule has 2 rings (SSSR count). The molecule has 4 N–H and O–H groups in total. The molecule has 0 aromatic heterocycles. The second-order valence-electron chi connectivity index (χ2n) is 4.99.